The van der Waals surface area contributed by atoms with Crippen molar-refractivity contribution in [3.63, 3.8) is 0 Å². The number of non-ortho nitro benzene ring substituents is 1. The molecular weight excluding hydrogens is 442 g/mol. The number of carbonyl (C=O) groups is 2. The topological polar surface area (TPSA) is 136 Å². The molecule has 0 unspecified atom stereocenters. The Hall–Kier alpha value is -4.47. The fourth-order valence-electron chi connectivity index (χ4n) is 3.71. The van der Waals surface area contributed by atoms with Gasteiger partial charge in [-0.05, 0) is 55.3 Å². The summed E-state index contributed by atoms with van der Waals surface area (Å²) >= 11 is 0. The van der Waals surface area contributed by atoms with Crippen molar-refractivity contribution in [2.45, 2.75) is 26.3 Å². The number of aliphatic hydroxyl groups is 1. The number of rotatable bonds is 7. The summed E-state index contributed by atoms with van der Waals surface area (Å²) in [5, 5.41) is 26.0. The predicted molar refractivity (Wildman–Crippen MR) is 121 cm³/mol. The van der Waals surface area contributed by atoms with E-state index in [0.717, 1.165) is 11.3 Å². The Bertz CT molecular complexity index is 1280. The Kier molecular flexibility index (Phi) is 6.13. The summed E-state index contributed by atoms with van der Waals surface area (Å²) in [7, 11) is 0. The van der Waals surface area contributed by atoms with Crippen LogP contribution in [0.2, 0.25) is 0 Å². The lowest BCUT2D eigenvalue weighted by atomic mass is 9.95. The number of aryl methyl sites for hydroxylation is 1. The molecule has 0 bridgehead atoms. The first kappa shape index (κ1) is 22.7. The molecule has 2 aromatic carbocycles. The summed E-state index contributed by atoms with van der Waals surface area (Å²) in [6.45, 7) is 4.15. The smallest absolute Gasteiger partial charge is 0.301 e. The highest BCUT2D eigenvalue weighted by Crippen LogP contribution is 2.42. The number of amides is 1. The molecule has 10 heteroatoms. The van der Waals surface area contributed by atoms with Crippen LogP contribution in [0.4, 0.5) is 11.5 Å². The zero-order chi connectivity index (χ0) is 24.4. The lowest BCUT2D eigenvalue weighted by molar-refractivity contribution is -0.384. The molecule has 0 radical (unpaired) electrons. The van der Waals surface area contributed by atoms with Crippen LogP contribution in [-0.2, 0) is 9.59 Å². The number of hydrogen-bond donors (Lipinski definition) is 1. The van der Waals surface area contributed by atoms with Crippen LogP contribution in [0.25, 0.3) is 5.76 Å². The third kappa shape index (κ3) is 4.13. The molecule has 0 aliphatic carbocycles. The Balaban J connectivity index is 1.84. The van der Waals surface area contributed by atoms with E-state index in [0.29, 0.717) is 29.2 Å². The number of ether oxygens (including phenoxy) is 1. The van der Waals surface area contributed by atoms with Gasteiger partial charge in [0.05, 0.1) is 23.1 Å². The second-order valence-corrected chi connectivity index (χ2v) is 7.69. The Morgan fingerprint density at radius 3 is 2.41 bits per heavy atom. The van der Waals surface area contributed by atoms with E-state index in [2.05, 4.69) is 5.16 Å². The molecule has 10 nitrogen and oxygen atoms in total. The van der Waals surface area contributed by atoms with Gasteiger partial charge in [0.25, 0.3) is 11.5 Å². The van der Waals surface area contributed by atoms with Gasteiger partial charge < -0.3 is 14.4 Å². The maximum Gasteiger partial charge on any atom is 0.301 e. The van der Waals surface area contributed by atoms with Crippen molar-refractivity contribution in [3.8, 4) is 5.75 Å². The van der Waals surface area contributed by atoms with E-state index < -0.39 is 22.7 Å². The second-order valence-electron chi connectivity index (χ2n) is 7.69. The summed E-state index contributed by atoms with van der Waals surface area (Å²) in [5.41, 5.74) is 0.377. The monoisotopic (exact) mass is 463 g/mol. The highest BCUT2D eigenvalue weighted by Gasteiger charge is 2.48. The molecule has 3 aromatic rings. The minimum absolute atomic E-state index is 0.0883. The molecule has 0 spiro atoms. The lowest BCUT2D eigenvalue weighted by Gasteiger charge is -2.22. The van der Waals surface area contributed by atoms with Gasteiger partial charge in [0, 0.05) is 23.8 Å². The normalized spacial score (nSPS) is 17.2. The average molecular weight is 463 g/mol. The van der Waals surface area contributed by atoms with E-state index in [9.17, 15) is 24.8 Å². The summed E-state index contributed by atoms with van der Waals surface area (Å²) < 4.78 is 10.6. The van der Waals surface area contributed by atoms with Gasteiger partial charge in [0.1, 0.15) is 17.3 Å². The van der Waals surface area contributed by atoms with Gasteiger partial charge >= 0.3 is 5.91 Å². The van der Waals surface area contributed by atoms with Gasteiger partial charge in [0.2, 0.25) is 0 Å². The second kappa shape index (κ2) is 9.18. The van der Waals surface area contributed by atoms with Crippen LogP contribution >= 0.6 is 0 Å². The Labute approximate surface area is 194 Å². The summed E-state index contributed by atoms with van der Waals surface area (Å²) in [5.74, 6) is -1.09. The third-order valence-corrected chi connectivity index (χ3v) is 5.33. The molecule has 1 saturated heterocycles. The molecule has 174 valence electrons. The van der Waals surface area contributed by atoms with Crippen molar-refractivity contribution >= 4 is 29.0 Å². The molecule has 1 fully saturated rings. The number of nitro benzene ring substituents is 1. The number of Topliss-reactive ketones (excluding diaryl/α,β-unsaturated/α-hetero) is 1. The zero-order valence-electron chi connectivity index (χ0n) is 18.4. The van der Waals surface area contributed by atoms with E-state index in [4.69, 9.17) is 9.26 Å². The van der Waals surface area contributed by atoms with Gasteiger partial charge in [0.15, 0.2) is 5.82 Å². The van der Waals surface area contributed by atoms with Crippen LogP contribution in [0.3, 0.4) is 0 Å². The van der Waals surface area contributed by atoms with Gasteiger partial charge in [-0.15, -0.1) is 0 Å². The summed E-state index contributed by atoms with van der Waals surface area (Å²) in [6, 6.07) is 12.3. The Morgan fingerprint density at radius 2 is 1.85 bits per heavy atom. The van der Waals surface area contributed by atoms with Crippen LogP contribution in [-0.4, -0.2) is 33.5 Å². The largest absolute Gasteiger partial charge is 0.507 e. The fourth-order valence-corrected chi connectivity index (χ4v) is 3.71. The number of nitro groups is 1. The number of aliphatic hydroxyl groups excluding tert-OH is 1. The summed E-state index contributed by atoms with van der Waals surface area (Å²) in [6.07, 6.45) is 0.835. The predicted octanol–water partition coefficient (Wildman–Crippen LogP) is 4.31. The Morgan fingerprint density at radius 1 is 1.18 bits per heavy atom. The molecule has 1 aliphatic rings. The minimum Gasteiger partial charge on any atom is -0.507 e. The number of anilines is 1. The molecule has 1 aliphatic heterocycles. The van der Waals surface area contributed by atoms with Crippen molar-refractivity contribution in [1.82, 2.24) is 5.16 Å². The average Bonchev–Trinajstić information content (AvgIpc) is 3.38. The standard InChI is InChI=1S/C24H21N3O7/c1-3-12-33-18-10-6-16(7-11-18)22(28)20-21(15-4-8-17(9-5-15)27(31)32)26(24(30)23(20)29)19-13-14(2)34-25-19/h4-11,13,21,28H,3,12H2,1-2H3/t21-/m1/s1. The highest BCUT2D eigenvalue weighted by molar-refractivity contribution is 6.51. The molecule has 0 saturated carbocycles. The quantitative estimate of drug-likeness (QED) is 0.180. The number of hydrogen-bond acceptors (Lipinski definition) is 8. The molecule has 1 atom stereocenters. The highest BCUT2D eigenvalue weighted by atomic mass is 16.6. The minimum atomic E-state index is -1.07. The van der Waals surface area contributed by atoms with Gasteiger partial charge in [-0.2, -0.15) is 0 Å². The SMILES string of the molecule is CCCOc1ccc(C(O)=C2C(=O)C(=O)N(c3cc(C)on3)[C@@H]2c2ccc([N+](=O)[O-])cc2)cc1. The van der Waals surface area contributed by atoms with Crippen LogP contribution in [0.5, 0.6) is 5.75 Å². The van der Waals surface area contributed by atoms with Crippen molar-refractivity contribution < 1.29 is 28.9 Å². The third-order valence-electron chi connectivity index (χ3n) is 5.33. The van der Waals surface area contributed by atoms with Crippen molar-refractivity contribution in [2.24, 2.45) is 0 Å². The number of aromatic nitrogens is 1. The first-order valence-corrected chi connectivity index (χ1v) is 10.5. The van der Waals surface area contributed by atoms with E-state index in [1.54, 1.807) is 31.2 Å². The van der Waals surface area contributed by atoms with Gasteiger partial charge in [-0.25, -0.2) is 0 Å². The molecular formula is C24H21N3O7. The first-order chi connectivity index (χ1) is 16.3. The van der Waals surface area contributed by atoms with Gasteiger partial charge in [-0.1, -0.05) is 12.1 Å². The number of carbonyl (C=O) groups excluding carboxylic acids is 2. The van der Waals surface area contributed by atoms with Crippen molar-refractivity contribution in [3.05, 3.63) is 87.2 Å². The maximum absolute atomic E-state index is 13.1. The lowest BCUT2D eigenvalue weighted by Crippen LogP contribution is -2.29. The molecule has 4 rings (SSSR count). The number of ketones is 1. The summed E-state index contributed by atoms with van der Waals surface area (Å²) in [4.78, 5) is 37.7. The van der Waals surface area contributed by atoms with Crippen LogP contribution in [0.15, 0.2) is 64.7 Å². The number of benzene rings is 2. The molecule has 2 heterocycles. The molecule has 1 N–H and O–H groups in total. The number of nitrogens with zero attached hydrogens (tertiary/aromatic N) is 3. The van der Waals surface area contributed by atoms with Crippen molar-refractivity contribution in [1.29, 1.82) is 0 Å². The molecule has 1 aromatic heterocycles. The maximum atomic E-state index is 13.1. The fraction of sp³-hybridized carbons (Fsp3) is 0.208. The van der Waals surface area contributed by atoms with E-state index in [-0.39, 0.29) is 22.8 Å². The zero-order valence-corrected chi connectivity index (χ0v) is 18.4. The van der Waals surface area contributed by atoms with Crippen LogP contribution < -0.4 is 9.64 Å². The molecule has 34 heavy (non-hydrogen) atoms. The van der Waals surface area contributed by atoms with Crippen molar-refractivity contribution in [2.75, 3.05) is 11.5 Å². The van der Waals surface area contributed by atoms with Gasteiger partial charge in [-0.3, -0.25) is 24.6 Å². The molecule has 1 amide bonds. The van der Waals surface area contributed by atoms with Crippen LogP contribution in [0.1, 0.15) is 36.3 Å². The first-order valence-electron chi connectivity index (χ1n) is 10.5. The van der Waals surface area contributed by atoms with Crippen LogP contribution in [0, 0.1) is 17.0 Å². The van der Waals surface area contributed by atoms with E-state index in [1.165, 1.54) is 30.3 Å². The van der Waals surface area contributed by atoms with E-state index in [1.807, 2.05) is 6.92 Å². The van der Waals surface area contributed by atoms with E-state index >= 15 is 0 Å².